The van der Waals surface area contributed by atoms with Crippen LogP contribution in [0.3, 0.4) is 0 Å². The van der Waals surface area contributed by atoms with Gasteiger partial charge in [0.15, 0.2) is 0 Å². The molecule has 1 saturated carbocycles. The minimum absolute atomic E-state index is 0.0703. The van der Waals surface area contributed by atoms with E-state index in [4.69, 9.17) is 5.11 Å². The Hall–Kier alpha value is -0.710. The zero-order chi connectivity index (χ0) is 12.7. The zero-order valence-electron chi connectivity index (χ0n) is 10.3. The van der Waals surface area contributed by atoms with Gasteiger partial charge in [-0.3, -0.25) is 9.59 Å². The van der Waals surface area contributed by atoms with Crippen molar-refractivity contribution >= 4 is 23.6 Å². The van der Waals surface area contributed by atoms with Gasteiger partial charge in [-0.25, -0.2) is 0 Å². The number of hydrogen-bond acceptors (Lipinski definition) is 3. The van der Waals surface area contributed by atoms with E-state index in [0.717, 1.165) is 25.0 Å². The van der Waals surface area contributed by atoms with Crippen molar-refractivity contribution in [2.45, 2.75) is 32.1 Å². The molecule has 0 aliphatic heterocycles. The predicted octanol–water partition coefficient (Wildman–Crippen LogP) is 1.75. The summed E-state index contributed by atoms with van der Waals surface area (Å²) in [5.41, 5.74) is 0. The largest absolute Gasteiger partial charge is 0.481 e. The lowest BCUT2D eigenvalue weighted by Crippen LogP contribution is -2.35. The Morgan fingerprint density at radius 1 is 1.29 bits per heavy atom. The van der Waals surface area contributed by atoms with Crippen LogP contribution in [0.15, 0.2) is 0 Å². The van der Waals surface area contributed by atoms with Crippen LogP contribution in [-0.2, 0) is 9.59 Å². The fourth-order valence-electron chi connectivity index (χ4n) is 2.28. The number of amides is 1. The fourth-order valence-corrected chi connectivity index (χ4v) is 2.78. The molecule has 0 aromatic heterocycles. The Morgan fingerprint density at radius 2 is 2.00 bits per heavy atom. The molecule has 0 aromatic carbocycles. The van der Waals surface area contributed by atoms with Gasteiger partial charge in [0.05, 0.1) is 11.8 Å². The lowest BCUT2D eigenvalue weighted by molar-refractivity contribution is -0.146. The molecule has 4 nitrogen and oxygen atoms in total. The summed E-state index contributed by atoms with van der Waals surface area (Å²) in [6.07, 6.45) is 6.33. The van der Waals surface area contributed by atoms with Gasteiger partial charge in [0, 0.05) is 6.54 Å². The second-order valence-corrected chi connectivity index (χ2v) is 5.46. The number of thioether (sulfide) groups is 1. The van der Waals surface area contributed by atoms with Crippen LogP contribution >= 0.6 is 11.8 Å². The quantitative estimate of drug-likeness (QED) is 0.684. The molecule has 2 unspecified atom stereocenters. The van der Waals surface area contributed by atoms with Crippen molar-refractivity contribution in [2.24, 2.45) is 11.8 Å². The van der Waals surface area contributed by atoms with E-state index in [9.17, 15) is 9.59 Å². The predicted molar refractivity (Wildman–Crippen MR) is 69.1 cm³/mol. The average molecular weight is 259 g/mol. The van der Waals surface area contributed by atoms with Gasteiger partial charge in [-0.2, -0.15) is 11.8 Å². The molecule has 0 bridgehead atoms. The van der Waals surface area contributed by atoms with Crippen LogP contribution in [0.2, 0.25) is 0 Å². The maximum atomic E-state index is 11.8. The van der Waals surface area contributed by atoms with Crippen molar-refractivity contribution in [3.05, 3.63) is 0 Å². The van der Waals surface area contributed by atoms with Crippen LogP contribution < -0.4 is 5.32 Å². The molecule has 0 aromatic rings. The Balaban J connectivity index is 2.25. The smallest absolute Gasteiger partial charge is 0.307 e. The van der Waals surface area contributed by atoms with Gasteiger partial charge in [-0.05, 0) is 37.7 Å². The molecular weight excluding hydrogens is 238 g/mol. The number of nitrogens with one attached hydrogen (secondary N) is 1. The molecule has 0 heterocycles. The van der Waals surface area contributed by atoms with Crippen molar-refractivity contribution < 1.29 is 14.7 Å². The molecule has 5 heteroatoms. The highest BCUT2D eigenvalue weighted by atomic mass is 32.2. The number of unbranched alkanes of at least 4 members (excludes halogenated alkanes) is 1. The molecule has 0 saturated heterocycles. The van der Waals surface area contributed by atoms with Gasteiger partial charge < -0.3 is 10.4 Å². The van der Waals surface area contributed by atoms with E-state index in [1.807, 2.05) is 0 Å². The normalized spacial score (nSPS) is 23.6. The second-order valence-electron chi connectivity index (χ2n) is 4.47. The first-order chi connectivity index (χ1) is 8.16. The van der Waals surface area contributed by atoms with E-state index in [1.54, 1.807) is 11.8 Å². The topological polar surface area (TPSA) is 66.4 Å². The van der Waals surface area contributed by atoms with Crippen LogP contribution in [0.25, 0.3) is 0 Å². The number of carbonyl (C=O) groups excluding carboxylic acids is 1. The third-order valence-electron chi connectivity index (χ3n) is 3.24. The molecule has 98 valence electrons. The lowest BCUT2D eigenvalue weighted by atomic mass is 9.95. The van der Waals surface area contributed by atoms with Gasteiger partial charge in [0.1, 0.15) is 0 Å². The van der Waals surface area contributed by atoms with E-state index in [-0.39, 0.29) is 11.8 Å². The standard InChI is InChI=1S/C12H21NO3S/c1-17-8-3-2-7-13-11(14)9-5-4-6-10(9)12(15)16/h9-10H,2-8H2,1H3,(H,13,14)(H,15,16). The summed E-state index contributed by atoms with van der Waals surface area (Å²) in [6, 6.07) is 0. The van der Waals surface area contributed by atoms with E-state index in [1.165, 1.54) is 0 Å². The van der Waals surface area contributed by atoms with Crippen molar-refractivity contribution in [3.8, 4) is 0 Å². The molecule has 1 fully saturated rings. The molecule has 2 N–H and O–H groups in total. The molecule has 2 atom stereocenters. The zero-order valence-corrected chi connectivity index (χ0v) is 11.1. The number of rotatable bonds is 7. The highest BCUT2D eigenvalue weighted by Crippen LogP contribution is 2.31. The number of aliphatic carboxylic acids is 1. The molecule has 0 radical (unpaired) electrons. The summed E-state index contributed by atoms with van der Waals surface area (Å²) in [7, 11) is 0. The van der Waals surface area contributed by atoms with Crippen LogP contribution in [0.4, 0.5) is 0 Å². The van der Waals surface area contributed by atoms with E-state index in [0.29, 0.717) is 19.4 Å². The second kappa shape index (κ2) is 7.58. The first kappa shape index (κ1) is 14.4. The summed E-state index contributed by atoms with van der Waals surface area (Å²) in [5.74, 6) is -0.574. The van der Waals surface area contributed by atoms with Gasteiger partial charge in [0.2, 0.25) is 5.91 Å². The highest BCUT2D eigenvalue weighted by Gasteiger charge is 2.37. The van der Waals surface area contributed by atoms with Crippen molar-refractivity contribution in [2.75, 3.05) is 18.6 Å². The van der Waals surface area contributed by atoms with E-state index >= 15 is 0 Å². The minimum Gasteiger partial charge on any atom is -0.481 e. The van der Waals surface area contributed by atoms with E-state index in [2.05, 4.69) is 11.6 Å². The Bertz CT molecular complexity index is 270. The van der Waals surface area contributed by atoms with Gasteiger partial charge >= 0.3 is 5.97 Å². The number of carbonyl (C=O) groups is 2. The maximum Gasteiger partial charge on any atom is 0.307 e. The molecule has 17 heavy (non-hydrogen) atoms. The monoisotopic (exact) mass is 259 g/mol. The molecule has 0 spiro atoms. The maximum absolute atomic E-state index is 11.8. The van der Waals surface area contributed by atoms with Crippen molar-refractivity contribution in [3.63, 3.8) is 0 Å². The molecule has 1 aliphatic carbocycles. The Labute approximate surface area is 107 Å². The fraction of sp³-hybridized carbons (Fsp3) is 0.833. The average Bonchev–Trinajstić information content (AvgIpc) is 2.77. The number of carboxylic acid groups (broad SMARTS) is 1. The summed E-state index contributed by atoms with van der Waals surface area (Å²) >= 11 is 1.80. The van der Waals surface area contributed by atoms with Gasteiger partial charge in [0.25, 0.3) is 0 Å². The third kappa shape index (κ3) is 4.58. The molecular formula is C12H21NO3S. The lowest BCUT2D eigenvalue weighted by Gasteiger charge is -2.15. The summed E-state index contributed by atoms with van der Waals surface area (Å²) in [5, 5.41) is 11.8. The molecule has 1 rings (SSSR count). The van der Waals surface area contributed by atoms with Crippen molar-refractivity contribution in [1.29, 1.82) is 0 Å². The number of hydrogen-bond donors (Lipinski definition) is 2. The summed E-state index contributed by atoms with van der Waals surface area (Å²) in [4.78, 5) is 22.8. The van der Waals surface area contributed by atoms with Crippen molar-refractivity contribution in [1.82, 2.24) is 5.32 Å². The first-order valence-corrected chi connectivity index (χ1v) is 7.55. The Kier molecular flexibility index (Phi) is 6.40. The molecule has 1 amide bonds. The minimum atomic E-state index is -0.829. The summed E-state index contributed by atoms with van der Waals surface area (Å²) < 4.78 is 0. The van der Waals surface area contributed by atoms with Crippen LogP contribution in [0.1, 0.15) is 32.1 Å². The number of carboxylic acids is 1. The van der Waals surface area contributed by atoms with E-state index < -0.39 is 11.9 Å². The SMILES string of the molecule is CSCCCCNC(=O)C1CCCC1C(=O)O. The van der Waals surface area contributed by atoms with Gasteiger partial charge in [-0.1, -0.05) is 6.42 Å². The van der Waals surface area contributed by atoms with Crippen LogP contribution in [-0.4, -0.2) is 35.5 Å². The summed E-state index contributed by atoms with van der Waals surface area (Å²) in [6.45, 7) is 0.669. The van der Waals surface area contributed by atoms with Gasteiger partial charge in [-0.15, -0.1) is 0 Å². The third-order valence-corrected chi connectivity index (χ3v) is 3.94. The Morgan fingerprint density at radius 3 is 2.65 bits per heavy atom. The van der Waals surface area contributed by atoms with Crippen LogP contribution in [0, 0.1) is 11.8 Å². The highest BCUT2D eigenvalue weighted by molar-refractivity contribution is 7.98. The molecule has 1 aliphatic rings. The first-order valence-electron chi connectivity index (χ1n) is 6.16. The van der Waals surface area contributed by atoms with Crippen LogP contribution in [0.5, 0.6) is 0 Å².